The summed E-state index contributed by atoms with van der Waals surface area (Å²) in [5.74, 6) is -4.21. The minimum Gasteiger partial charge on any atom is -0.463 e. The number of carbonyl (C=O) groups excluding carboxylic acids is 7. The Balaban J connectivity index is 2.52. The molecule has 0 aromatic carbocycles. The zero-order chi connectivity index (χ0) is 41.1. The van der Waals surface area contributed by atoms with Crippen molar-refractivity contribution in [3.05, 3.63) is 0 Å². The Morgan fingerprint density at radius 3 is 1.40 bits per heavy atom. The Morgan fingerprint density at radius 1 is 0.473 bits per heavy atom. The fraction of sp³-hybridized carbons (Fsp3) is 0.806. The van der Waals surface area contributed by atoms with E-state index in [4.69, 9.17) is 52.1 Å². The molecule has 0 aromatic rings. The van der Waals surface area contributed by atoms with Gasteiger partial charge >= 0.3 is 41.8 Å². The van der Waals surface area contributed by atoms with Gasteiger partial charge in [-0.3, -0.25) is 33.6 Å². The Bertz CT molecular complexity index is 1280. The molecule has 2 aliphatic rings. The van der Waals surface area contributed by atoms with Crippen LogP contribution in [0, 0.1) is 0 Å². The fourth-order valence-corrected chi connectivity index (χ4v) is 6.74. The van der Waals surface area contributed by atoms with E-state index in [9.17, 15) is 33.6 Å². The number of unbranched alkanes of at least 4 members (excludes halogenated alkanes) is 5. The van der Waals surface area contributed by atoms with E-state index in [1.807, 2.05) is 0 Å². The van der Waals surface area contributed by atoms with Crippen molar-refractivity contribution in [3.63, 3.8) is 0 Å². The molecular weight excluding hydrogens is 752 g/mol. The zero-order valence-corrected chi connectivity index (χ0v) is 33.6. The van der Waals surface area contributed by atoms with E-state index in [2.05, 4.69) is 6.92 Å². The minimum atomic E-state index is -1.76. The summed E-state index contributed by atoms with van der Waals surface area (Å²) in [6, 6.07) is 0. The van der Waals surface area contributed by atoms with Crippen molar-refractivity contribution in [2.75, 3.05) is 31.3 Å². The molecule has 2 rings (SSSR count). The highest BCUT2D eigenvalue weighted by atomic mass is 32.2. The SMILES string of the molecule is CCCCCCCCSCCO[C@@H]1O[C@H](COC(C)=O)[C@H](O[C@H]2O[C@H](COC(C)=O)[C@H](OC(C)=O)[C@H](OC(C)=O)[C@H]2OC(C)=O)[C@H](OC(C)=O)[C@H]1OC(C)=O. The van der Waals surface area contributed by atoms with Crippen LogP contribution in [-0.2, 0) is 85.7 Å². The van der Waals surface area contributed by atoms with Gasteiger partial charge in [-0.05, 0) is 12.2 Å². The lowest BCUT2D eigenvalue weighted by Crippen LogP contribution is -2.67. The summed E-state index contributed by atoms with van der Waals surface area (Å²) >= 11 is 1.67. The number of hydrogen-bond donors (Lipinski definition) is 0. The van der Waals surface area contributed by atoms with Crippen LogP contribution in [0.4, 0.5) is 0 Å². The highest BCUT2D eigenvalue weighted by Crippen LogP contribution is 2.35. The summed E-state index contributed by atoms with van der Waals surface area (Å²) in [5, 5.41) is 0. The Morgan fingerprint density at radius 2 is 0.891 bits per heavy atom. The Kier molecular flexibility index (Phi) is 21.5. The molecule has 0 aromatic heterocycles. The van der Waals surface area contributed by atoms with Crippen molar-refractivity contribution in [2.45, 2.75) is 155 Å². The molecule has 0 N–H and O–H groups in total. The van der Waals surface area contributed by atoms with Gasteiger partial charge in [-0.25, -0.2) is 0 Å². The smallest absolute Gasteiger partial charge is 0.303 e. The third-order valence-corrected chi connectivity index (χ3v) is 9.07. The molecule has 2 aliphatic heterocycles. The second kappa shape index (κ2) is 24.9. The second-order valence-corrected chi connectivity index (χ2v) is 14.1. The summed E-state index contributed by atoms with van der Waals surface area (Å²) in [5.41, 5.74) is 0. The molecule has 18 nitrogen and oxygen atoms in total. The first-order chi connectivity index (χ1) is 26.0. The molecule has 0 radical (unpaired) electrons. The molecule has 0 bridgehead atoms. The molecule has 0 spiro atoms. The highest BCUT2D eigenvalue weighted by molar-refractivity contribution is 7.99. The number of ether oxygens (including phenoxy) is 11. The average Bonchev–Trinajstić information content (AvgIpc) is 3.07. The van der Waals surface area contributed by atoms with Gasteiger partial charge in [0.2, 0.25) is 0 Å². The molecule has 19 heteroatoms. The zero-order valence-electron chi connectivity index (χ0n) is 32.8. The van der Waals surface area contributed by atoms with E-state index >= 15 is 0 Å². The molecule has 0 saturated carbocycles. The van der Waals surface area contributed by atoms with Crippen LogP contribution < -0.4 is 0 Å². The van der Waals surface area contributed by atoms with E-state index < -0.39 is 116 Å². The van der Waals surface area contributed by atoms with Gasteiger partial charge in [-0.1, -0.05) is 39.0 Å². The largest absolute Gasteiger partial charge is 0.463 e. The maximum Gasteiger partial charge on any atom is 0.303 e. The topological polar surface area (TPSA) is 221 Å². The van der Waals surface area contributed by atoms with Crippen LogP contribution in [0.3, 0.4) is 0 Å². The molecule has 10 atom stereocenters. The van der Waals surface area contributed by atoms with Crippen LogP contribution in [0.2, 0.25) is 0 Å². The van der Waals surface area contributed by atoms with Gasteiger partial charge in [0.25, 0.3) is 0 Å². The van der Waals surface area contributed by atoms with Crippen LogP contribution in [0.1, 0.15) is 93.9 Å². The average molecular weight is 809 g/mol. The summed E-state index contributed by atoms with van der Waals surface area (Å²) in [6.07, 6.45) is -8.13. The van der Waals surface area contributed by atoms with Crippen molar-refractivity contribution in [3.8, 4) is 0 Å². The van der Waals surface area contributed by atoms with Gasteiger partial charge in [0.1, 0.15) is 31.5 Å². The predicted molar refractivity (Wildman–Crippen MR) is 190 cm³/mol. The lowest BCUT2D eigenvalue weighted by molar-refractivity contribution is -0.360. The molecule has 2 heterocycles. The van der Waals surface area contributed by atoms with E-state index in [1.54, 1.807) is 11.8 Å². The van der Waals surface area contributed by atoms with Crippen LogP contribution in [-0.4, -0.2) is 135 Å². The van der Waals surface area contributed by atoms with Crippen LogP contribution in [0.15, 0.2) is 0 Å². The van der Waals surface area contributed by atoms with Gasteiger partial charge in [-0.2, -0.15) is 11.8 Å². The molecule has 0 amide bonds. The molecular formula is C36H56O18S. The van der Waals surface area contributed by atoms with Crippen molar-refractivity contribution in [1.82, 2.24) is 0 Å². The summed E-state index contributed by atoms with van der Waals surface area (Å²) < 4.78 is 62.8. The van der Waals surface area contributed by atoms with Crippen molar-refractivity contribution in [2.24, 2.45) is 0 Å². The fourth-order valence-electron chi connectivity index (χ4n) is 5.92. The van der Waals surface area contributed by atoms with Gasteiger partial charge in [0.05, 0.1) is 6.61 Å². The summed E-state index contributed by atoms with van der Waals surface area (Å²) in [4.78, 5) is 85.8. The minimum absolute atomic E-state index is 0.140. The first-order valence-electron chi connectivity index (χ1n) is 18.3. The number of esters is 7. The predicted octanol–water partition coefficient (Wildman–Crippen LogP) is 2.72. The number of carbonyl (C=O) groups is 7. The van der Waals surface area contributed by atoms with E-state index in [-0.39, 0.29) is 6.61 Å². The van der Waals surface area contributed by atoms with Gasteiger partial charge in [0.15, 0.2) is 43.1 Å². The maximum atomic E-state index is 12.6. The summed E-state index contributed by atoms with van der Waals surface area (Å²) in [7, 11) is 0. The number of hydrogen-bond acceptors (Lipinski definition) is 19. The highest BCUT2D eigenvalue weighted by Gasteiger charge is 2.57. The second-order valence-electron chi connectivity index (χ2n) is 12.9. The third-order valence-electron chi connectivity index (χ3n) is 8.04. The molecule has 0 unspecified atom stereocenters. The van der Waals surface area contributed by atoms with Crippen molar-refractivity contribution >= 4 is 53.5 Å². The van der Waals surface area contributed by atoms with Gasteiger partial charge in [0, 0.05) is 54.2 Å². The van der Waals surface area contributed by atoms with Gasteiger partial charge < -0.3 is 52.1 Å². The van der Waals surface area contributed by atoms with Crippen LogP contribution >= 0.6 is 11.8 Å². The normalized spacial score (nSPS) is 27.6. The Hall–Kier alpha value is -3.52. The van der Waals surface area contributed by atoms with Crippen LogP contribution in [0.25, 0.3) is 0 Å². The number of rotatable bonds is 22. The van der Waals surface area contributed by atoms with Gasteiger partial charge in [-0.15, -0.1) is 0 Å². The van der Waals surface area contributed by atoms with Crippen molar-refractivity contribution < 1.29 is 85.7 Å². The summed E-state index contributed by atoms with van der Waals surface area (Å²) in [6.45, 7) is 8.93. The molecule has 55 heavy (non-hydrogen) atoms. The lowest BCUT2D eigenvalue weighted by Gasteiger charge is -2.48. The maximum absolute atomic E-state index is 12.6. The molecule has 0 aliphatic carbocycles. The third kappa shape index (κ3) is 17.4. The number of thioether (sulfide) groups is 1. The Labute approximate surface area is 325 Å². The quantitative estimate of drug-likeness (QED) is 0.0871. The molecule has 2 fully saturated rings. The lowest BCUT2D eigenvalue weighted by atomic mass is 9.96. The van der Waals surface area contributed by atoms with E-state index in [0.29, 0.717) is 5.75 Å². The first kappa shape index (κ1) is 47.6. The molecule has 2 saturated heterocycles. The monoisotopic (exact) mass is 808 g/mol. The van der Waals surface area contributed by atoms with Crippen molar-refractivity contribution in [1.29, 1.82) is 0 Å². The van der Waals surface area contributed by atoms with Crippen LogP contribution in [0.5, 0.6) is 0 Å². The van der Waals surface area contributed by atoms with E-state index in [0.717, 1.165) is 67.1 Å². The standard InChI is InChI=1S/C36H56O18S/c1-9-10-11-12-13-14-16-55-17-15-44-35-33(50-25(7)42)32(49-24(6)41)30(28(52-35)19-46-21(3)38)54-36-34(51-26(8)43)31(48-23(5)40)29(47-22(4)39)27(53-36)18-45-20(2)37/h27-36H,9-19H2,1-8H3/t27-,28-,29+,30+,31+,32+,33-,34-,35-,36-/m1/s1. The first-order valence-corrected chi connectivity index (χ1v) is 19.5. The molecule has 314 valence electrons. The van der Waals surface area contributed by atoms with E-state index in [1.165, 1.54) is 25.7 Å².